The van der Waals surface area contributed by atoms with Crippen LogP contribution >= 0.6 is 0 Å². The number of nitrogens with zero attached hydrogens (tertiary/aromatic N) is 2. The number of hydrogen-bond acceptors (Lipinski definition) is 5. The van der Waals surface area contributed by atoms with Crippen LogP contribution in [-0.4, -0.2) is 47.5 Å². The summed E-state index contributed by atoms with van der Waals surface area (Å²) in [6, 6.07) is 11.6. The molecule has 1 heterocycles. The highest BCUT2D eigenvalue weighted by molar-refractivity contribution is 6.16. The summed E-state index contributed by atoms with van der Waals surface area (Å²) in [5.74, 6) is -1.12. The third kappa shape index (κ3) is 5.03. The second-order valence-electron chi connectivity index (χ2n) is 7.21. The lowest BCUT2D eigenvalue weighted by Gasteiger charge is -2.21. The summed E-state index contributed by atoms with van der Waals surface area (Å²) in [7, 11) is 0. The molecule has 0 bridgehead atoms. The molecular weight excluding hydrogens is 396 g/mol. The van der Waals surface area contributed by atoms with Crippen molar-refractivity contribution in [3.63, 3.8) is 0 Å². The first-order valence-corrected chi connectivity index (χ1v) is 10.1. The number of urea groups is 1. The number of carbonyl (C=O) groups excluding carboxylic acids is 3. The number of amides is 4. The van der Waals surface area contributed by atoms with Gasteiger partial charge < -0.3 is 20.6 Å². The molecule has 0 aliphatic carbocycles. The molecule has 0 radical (unpaired) electrons. The largest absolute Gasteiger partial charge is 0.507 e. The van der Waals surface area contributed by atoms with Crippen molar-refractivity contribution in [3.05, 3.63) is 59.3 Å². The number of rotatable bonds is 7. The van der Waals surface area contributed by atoms with Crippen LogP contribution in [0.5, 0.6) is 5.75 Å². The number of nitrogens with one attached hydrogen (secondary N) is 2. The summed E-state index contributed by atoms with van der Waals surface area (Å²) < 4.78 is 0. The number of phenolic OH excluding ortho intramolecular Hbond substituents is 1. The van der Waals surface area contributed by atoms with E-state index < -0.39 is 24.4 Å². The monoisotopic (exact) mass is 422 g/mol. The summed E-state index contributed by atoms with van der Waals surface area (Å²) in [4.78, 5) is 40.0. The lowest BCUT2D eigenvalue weighted by atomic mass is 10.1. The van der Waals surface area contributed by atoms with Crippen LogP contribution in [0, 0.1) is 6.92 Å². The van der Waals surface area contributed by atoms with Gasteiger partial charge in [0.15, 0.2) is 0 Å². The molecule has 0 spiro atoms. The van der Waals surface area contributed by atoms with E-state index >= 15 is 0 Å². The first-order valence-electron chi connectivity index (χ1n) is 10.1. The van der Waals surface area contributed by atoms with Crippen LogP contribution in [0.15, 0.2) is 48.2 Å². The van der Waals surface area contributed by atoms with Gasteiger partial charge in [-0.1, -0.05) is 17.7 Å². The van der Waals surface area contributed by atoms with Crippen LogP contribution in [0.3, 0.4) is 0 Å². The van der Waals surface area contributed by atoms with E-state index in [0.29, 0.717) is 11.3 Å². The Morgan fingerprint density at radius 3 is 2.42 bits per heavy atom. The highest BCUT2D eigenvalue weighted by atomic mass is 16.3. The van der Waals surface area contributed by atoms with Gasteiger partial charge in [0.25, 0.3) is 5.91 Å². The zero-order chi connectivity index (χ0) is 22.5. The molecule has 2 aromatic carbocycles. The topological polar surface area (TPSA) is 102 Å². The standard InChI is InChI=1S/C23H26N4O4/c1-4-26(5-2)18-11-8-16(20(28)13-18)12-19-22(30)27(23(31)25-19)14-21(29)24-17-9-6-15(3)7-10-17/h6-13,28H,4-5,14H2,1-3H3,(H,24,29)(H,25,31)/b19-12+. The Kier molecular flexibility index (Phi) is 6.59. The smallest absolute Gasteiger partial charge is 0.329 e. The van der Waals surface area contributed by atoms with Crippen LogP contribution in [-0.2, 0) is 9.59 Å². The summed E-state index contributed by atoms with van der Waals surface area (Å²) in [6.45, 7) is 7.15. The van der Waals surface area contributed by atoms with Crippen LogP contribution in [0.25, 0.3) is 6.08 Å². The van der Waals surface area contributed by atoms with E-state index in [2.05, 4.69) is 15.5 Å². The molecule has 8 nitrogen and oxygen atoms in total. The first-order chi connectivity index (χ1) is 14.8. The Labute approximate surface area is 181 Å². The molecule has 1 aliphatic heterocycles. The summed E-state index contributed by atoms with van der Waals surface area (Å²) in [5.41, 5.74) is 2.89. The maximum atomic E-state index is 12.6. The van der Waals surface area contributed by atoms with Crippen molar-refractivity contribution in [3.8, 4) is 5.75 Å². The van der Waals surface area contributed by atoms with Crippen molar-refractivity contribution < 1.29 is 19.5 Å². The Balaban J connectivity index is 1.71. The molecule has 0 atom stereocenters. The number of hydrogen-bond donors (Lipinski definition) is 3. The van der Waals surface area contributed by atoms with Crippen molar-refractivity contribution >= 4 is 35.3 Å². The number of imide groups is 1. The molecule has 8 heteroatoms. The molecule has 1 aliphatic rings. The first kappa shape index (κ1) is 21.9. The van der Waals surface area contributed by atoms with E-state index in [1.807, 2.05) is 39.0 Å². The minimum absolute atomic E-state index is 0.000903. The van der Waals surface area contributed by atoms with Crippen LogP contribution < -0.4 is 15.5 Å². The molecule has 2 aromatic rings. The highest BCUT2D eigenvalue weighted by Crippen LogP contribution is 2.27. The molecule has 162 valence electrons. The molecular formula is C23H26N4O4. The normalized spacial score (nSPS) is 14.7. The Morgan fingerprint density at radius 2 is 1.81 bits per heavy atom. The fourth-order valence-corrected chi connectivity index (χ4v) is 3.29. The minimum atomic E-state index is -0.686. The SMILES string of the molecule is CCN(CC)c1ccc(/C=C2/NC(=O)N(CC(=O)Nc3ccc(C)cc3)C2=O)c(O)c1. The van der Waals surface area contributed by atoms with E-state index in [4.69, 9.17) is 0 Å². The van der Waals surface area contributed by atoms with Gasteiger partial charge in [-0.25, -0.2) is 9.69 Å². The average Bonchev–Trinajstić information content (AvgIpc) is 3.00. The maximum Gasteiger partial charge on any atom is 0.329 e. The third-order valence-electron chi connectivity index (χ3n) is 5.04. The predicted octanol–water partition coefficient (Wildman–Crippen LogP) is 3.08. The highest BCUT2D eigenvalue weighted by Gasteiger charge is 2.35. The average molecular weight is 422 g/mol. The van der Waals surface area contributed by atoms with Gasteiger partial charge in [0.2, 0.25) is 5.91 Å². The second kappa shape index (κ2) is 9.34. The number of carbonyl (C=O) groups is 3. The molecule has 0 unspecified atom stereocenters. The van der Waals surface area contributed by atoms with Gasteiger partial charge in [-0.2, -0.15) is 0 Å². The van der Waals surface area contributed by atoms with Gasteiger partial charge in [0.05, 0.1) is 0 Å². The van der Waals surface area contributed by atoms with Gasteiger partial charge in [-0.05, 0) is 51.1 Å². The van der Waals surface area contributed by atoms with Gasteiger partial charge in [-0.15, -0.1) is 0 Å². The zero-order valence-corrected chi connectivity index (χ0v) is 17.8. The molecule has 1 fully saturated rings. The molecule has 3 N–H and O–H groups in total. The fraction of sp³-hybridized carbons (Fsp3) is 0.261. The number of anilines is 2. The van der Waals surface area contributed by atoms with Gasteiger partial charge in [0, 0.05) is 36.1 Å². The lowest BCUT2D eigenvalue weighted by molar-refractivity contribution is -0.127. The molecule has 0 saturated carbocycles. The van der Waals surface area contributed by atoms with Gasteiger partial charge in [0.1, 0.15) is 18.0 Å². The van der Waals surface area contributed by atoms with Crippen molar-refractivity contribution in [1.29, 1.82) is 0 Å². The van der Waals surface area contributed by atoms with Crippen molar-refractivity contribution in [2.75, 3.05) is 29.9 Å². The summed E-state index contributed by atoms with van der Waals surface area (Å²) in [5, 5.41) is 15.5. The summed E-state index contributed by atoms with van der Waals surface area (Å²) in [6.07, 6.45) is 1.40. The fourth-order valence-electron chi connectivity index (χ4n) is 3.29. The van der Waals surface area contributed by atoms with Crippen molar-refractivity contribution in [1.82, 2.24) is 10.2 Å². The van der Waals surface area contributed by atoms with Gasteiger partial charge >= 0.3 is 6.03 Å². The number of phenols is 1. The predicted molar refractivity (Wildman–Crippen MR) is 120 cm³/mol. The van der Waals surface area contributed by atoms with Crippen molar-refractivity contribution in [2.24, 2.45) is 0 Å². The van der Waals surface area contributed by atoms with Crippen LogP contribution in [0.2, 0.25) is 0 Å². The lowest BCUT2D eigenvalue weighted by Crippen LogP contribution is -2.38. The van der Waals surface area contributed by atoms with Crippen LogP contribution in [0.4, 0.5) is 16.2 Å². The van der Waals surface area contributed by atoms with E-state index in [1.54, 1.807) is 24.3 Å². The number of benzene rings is 2. The van der Waals surface area contributed by atoms with E-state index in [-0.39, 0.29) is 11.4 Å². The molecule has 3 rings (SSSR count). The molecule has 0 aromatic heterocycles. The van der Waals surface area contributed by atoms with Crippen LogP contribution in [0.1, 0.15) is 25.0 Å². The minimum Gasteiger partial charge on any atom is -0.507 e. The summed E-state index contributed by atoms with van der Waals surface area (Å²) >= 11 is 0. The Bertz CT molecular complexity index is 1030. The molecule has 31 heavy (non-hydrogen) atoms. The van der Waals surface area contributed by atoms with E-state index in [0.717, 1.165) is 29.2 Å². The second-order valence-corrected chi connectivity index (χ2v) is 7.21. The maximum absolute atomic E-state index is 12.6. The van der Waals surface area contributed by atoms with Gasteiger partial charge in [-0.3, -0.25) is 9.59 Å². The van der Waals surface area contributed by atoms with E-state index in [1.165, 1.54) is 6.08 Å². The molecule has 4 amide bonds. The Morgan fingerprint density at radius 1 is 1.13 bits per heavy atom. The van der Waals surface area contributed by atoms with E-state index in [9.17, 15) is 19.5 Å². The Hall–Kier alpha value is -3.81. The number of aromatic hydroxyl groups is 1. The zero-order valence-electron chi connectivity index (χ0n) is 17.8. The third-order valence-corrected chi connectivity index (χ3v) is 5.04. The molecule has 1 saturated heterocycles. The number of aryl methyl sites for hydroxylation is 1. The van der Waals surface area contributed by atoms with Crippen molar-refractivity contribution in [2.45, 2.75) is 20.8 Å². The quantitative estimate of drug-likeness (QED) is 0.470.